The van der Waals surface area contributed by atoms with E-state index in [9.17, 15) is 4.79 Å². The van der Waals surface area contributed by atoms with Gasteiger partial charge in [-0.1, -0.05) is 12.1 Å². The van der Waals surface area contributed by atoms with Gasteiger partial charge in [0.05, 0.1) is 12.2 Å². The molecule has 1 rings (SSSR count). The molecule has 106 valence electrons. The van der Waals surface area contributed by atoms with Crippen molar-refractivity contribution >= 4 is 5.91 Å². The third-order valence-electron chi connectivity index (χ3n) is 2.48. The second-order valence-electron chi connectivity index (χ2n) is 3.90. The van der Waals surface area contributed by atoms with Gasteiger partial charge in [0.2, 0.25) is 0 Å². The van der Waals surface area contributed by atoms with Gasteiger partial charge >= 0.3 is 0 Å². The Kier molecular flexibility index (Phi) is 7.62. The van der Waals surface area contributed by atoms with E-state index in [1.54, 1.807) is 12.1 Å². The van der Waals surface area contributed by atoms with Crippen LogP contribution in [0.25, 0.3) is 0 Å². The van der Waals surface area contributed by atoms with Gasteiger partial charge in [0, 0.05) is 19.7 Å². The Labute approximate surface area is 114 Å². The van der Waals surface area contributed by atoms with Crippen molar-refractivity contribution in [1.29, 1.82) is 0 Å². The highest BCUT2D eigenvalue weighted by Crippen LogP contribution is 2.17. The van der Waals surface area contributed by atoms with Gasteiger partial charge in [0.25, 0.3) is 5.91 Å². The summed E-state index contributed by atoms with van der Waals surface area (Å²) in [4.78, 5) is 12.0. The molecule has 19 heavy (non-hydrogen) atoms. The number of carbonyl (C=O) groups excluding carboxylic acids is 1. The minimum absolute atomic E-state index is 0.123. The van der Waals surface area contributed by atoms with E-state index < -0.39 is 0 Å². The lowest BCUT2D eigenvalue weighted by molar-refractivity contribution is 0.0937. The second-order valence-corrected chi connectivity index (χ2v) is 3.90. The largest absolute Gasteiger partial charge is 0.490 e. The lowest BCUT2D eigenvalue weighted by Crippen LogP contribution is -2.30. The van der Waals surface area contributed by atoms with Crippen molar-refractivity contribution in [3.8, 4) is 5.75 Å². The molecular weight excluding hydrogens is 244 g/mol. The van der Waals surface area contributed by atoms with Crippen LogP contribution in [0.4, 0.5) is 0 Å². The summed E-state index contributed by atoms with van der Waals surface area (Å²) < 4.78 is 10.8. The van der Waals surface area contributed by atoms with Crippen LogP contribution in [0.2, 0.25) is 0 Å². The molecule has 0 heterocycles. The summed E-state index contributed by atoms with van der Waals surface area (Å²) in [7, 11) is 1.84. The molecule has 0 saturated carbocycles. The van der Waals surface area contributed by atoms with Crippen molar-refractivity contribution in [2.45, 2.75) is 6.92 Å². The summed E-state index contributed by atoms with van der Waals surface area (Å²) in [5, 5.41) is 5.80. The fourth-order valence-corrected chi connectivity index (χ4v) is 1.53. The maximum absolute atomic E-state index is 12.0. The Hall–Kier alpha value is -1.59. The van der Waals surface area contributed by atoms with E-state index in [0.29, 0.717) is 37.7 Å². The number of nitrogens with one attached hydrogen (secondary N) is 2. The third-order valence-corrected chi connectivity index (χ3v) is 2.48. The SMILES string of the molecule is CCOCCOc1ccccc1C(=O)NCCNC. The molecule has 0 fully saturated rings. The first-order chi connectivity index (χ1) is 9.29. The highest BCUT2D eigenvalue weighted by atomic mass is 16.5. The maximum Gasteiger partial charge on any atom is 0.255 e. The van der Waals surface area contributed by atoms with Crippen LogP contribution in [0.3, 0.4) is 0 Å². The van der Waals surface area contributed by atoms with Crippen molar-refractivity contribution < 1.29 is 14.3 Å². The molecule has 0 aromatic heterocycles. The monoisotopic (exact) mass is 266 g/mol. The molecule has 0 spiro atoms. The van der Waals surface area contributed by atoms with Crippen molar-refractivity contribution in [2.75, 3.05) is 40.0 Å². The van der Waals surface area contributed by atoms with Gasteiger partial charge in [-0.3, -0.25) is 4.79 Å². The van der Waals surface area contributed by atoms with Gasteiger partial charge in [-0.05, 0) is 26.1 Å². The van der Waals surface area contributed by atoms with E-state index in [-0.39, 0.29) is 5.91 Å². The minimum atomic E-state index is -0.123. The first-order valence-electron chi connectivity index (χ1n) is 6.52. The molecular formula is C14H22N2O3. The summed E-state index contributed by atoms with van der Waals surface area (Å²) in [5.74, 6) is 0.464. The quantitative estimate of drug-likeness (QED) is 0.656. The van der Waals surface area contributed by atoms with Crippen molar-refractivity contribution in [1.82, 2.24) is 10.6 Å². The molecule has 0 atom stereocenters. The van der Waals surface area contributed by atoms with Crippen LogP contribution < -0.4 is 15.4 Å². The molecule has 5 nitrogen and oxygen atoms in total. The van der Waals surface area contributed by atoms with Crippen molar-refractivity contribution in [2.24, 2.45) is 0 Å². The highest BCUT2D eigenvalue weighted by molar-refractivity contribution is 5.96. The normalized spacial score (nSPS) is 10.2. The summed E-state index contributed by atoms with van der Waals surface area (Å²) in [6, 6.07) is 7.21. The van der Waals surface area contributed by atoms with Crippen LogP contribution in [-0.4, -0.2) is 45.9 Å². The molecule has 1 aromatic rings. The van der Waals surface area contributed by atoms with E-state index in [2.05, 4.69) is 10.6 Å². The van der Waals surface area contributed by atoms with Gasteiger partial charge in [0.1, 0.15) is 12.4 Å². The number of amides is 1. The summed E-state index contributed by atoms with van der Waals surface area (Å²) in [5.41, 5.74) is 0.551. The summed E-state index contributed by atoms with van der Waals surface area (Å²) >= 11 is 0. The number of benzene rings is 1. The zero-order chi connectivity index (χ0) is 13.9. The fourth-order valence-electron chi connectivity index (χ4n) is 1.53. The minimum Gasteiger partial charge on any atom is -0.490 e. The Morgan fingerprint density at radius 3 is 2.74 bits per heavy atom. The van der Waals surface area contributed by atoms with E-state index in [1.165, 1.54) is 0 Å². The molecule has 0 aliphatic carbocycles. The molecule has 0 radical (unpaired) electrons. The fraction of sp³-hybridized carbons (Fsp3) is 0.500. The number of carbonyl (C=O) groups is 1. The number of hydrogen-bond acceptors (Lipinski definition) is 4. The third kappa shape index (κ3) is 5.72. The summed E-state index contributed by atoms with van der Waals surface area (Å²) in [6.45, 7) is 4.88. The van der Waals surface area contributed by atoms with Crippen LogP contribution in [-0.2, 0) is 4.74 Å². The van der Waals surface area contributed by atoms with Gasteiger partial charge in [-0.15, -0.1) is 0 Å². The first-order valence-corrected chi connectivity index (χ1v) is 6.52. The highest BCUT2D eigenvalue weighted by Gasteiger charge is 2.11. The number of ether oxygens (including phenoxy) is 2. The number of likely N-dealkylation sites (N-methyl/N-ethyl adjacent to an activating group) is 1. The lowest BCUT2D eigenvalue weighted by Gasteiger charge is -2.11. The smallest absolute Gasteiger partial charge is 0.255 e. The van der Waals surface area contributed by atoms with Crippen LogP contribution >= 0.6 is 0 Å². The second kappa shape index (κ2) is 9.35. The van der Waals surface area contributed by atoms with E-state index in [0.717, 1.165) is 6.54 Å². The molecule has 0 aliphatic heterocycles. The predicted molar refractivity (Wildman–Crippen MR) is 74.7 cm³/mol. The standard InChI is InChI=1S/C14H22N2O3/c1-3-18-10-11-19-13-7-5-4-6-12(13)14(17)16-9-8-15-2/h4-7,15H,3,8-11H2,1-2H3,(H,16,17). The van der Waals surface area contributed by atoms with E-state index in [1.807, 2.05) is 26.1 Å². The van der Waals surface area contributed by atoms with Crippen molar-refractivity contribution in [3.63, 3.8) is 0 Å². The maximum atomic E-state index is 12.0. The molecule has 2 N–H and O–H groups in total. The molecule has 0 bridgehead atoms. The molecule has 0 aliphatic rings. The lowest BCUT2D eigenvalue weighted by atomic mass is 10.2. The van der Waals surface area contributed by atoms with Gasteiger partial charge < -0.3 is 20.1 Å². The predicted octanol–water partition coefficient (Wildman–Crippen LogP) is 1.05. The van der Waals surface area contributed by atoms with Crippen LogP contribution in [0, 0.1) is 0 Å². The zero-order valence-corrected chi connectivity index (χ0v) is 11.6. The first kappa shape index (κ1) is 15.5. The number of hydrogen-bond donors (Lipinski definition) is 2. The van der Waals surface area contributed by atoms with Crippen LogP contribution in [0.5, 0.6) is 5.75 Å². The Morgan fingerprint density at radius 1 is 1.21 bits per heavy atom. The number of rotatable bonds is 9. The van der Waals surface area contributed by atoms with Gasteiger partial charge in [-0.2, -0.15) is 0 Å². The van der Waals surface area contributed by atoms with Gasteiger partial charge in [0.15, 0.2) is 0 Å². The zero-order valence-electron chi connectivity index (χ0n) is 11.6. The Bertz CT molecular complexity index is 383. The summed E-state index contributed by atoms with van der Waals surface area (Å²) in [6.07, 6.45) is 0. The van der Waals surface area contributed by atoms with Crippen LogP contribution in [0.15, 0.2) is 24.3 Å². The Balaban J connectivity index is 2.54. The molecule has 1 aromatic carbocycles. The van der Waals surface area contributed by atoms with E-state index >= 15 is 0 Å². The molecule has 5 heteroatoms. The average Bonchev–Trinajstić information content (AvgIpc) is 2.44. The topological polar surface area (TPSA) is 59.6 Å². The average molecular weight is 266 g/mol. The van der Waals surface area contributed by atoms with Gasteiger partial charge in [-0.25, -0.2) is 0 Å². The van der Waals surface area contributed by atoms with Crippen molar-refractivity contribution in [3.05, 3.63) is 29.8 Å². The Morgan fingerprint density at radius 2 is 2.00 bits per heavy atom. The molecule has 1 amide bonds. The number of para-hydroxylation sites is 1. The molecule has 0 saturated heterocycles. The van der Waals surface area contributed by atoms with E-state index in [4.69, 9.17) is 9.47 Å². The van der Waals surface area contributed by atoms with Crippen LogP contribution in [0.1, 0.15) is 17.3 Å². The molecule has 0 unspecified atom stereocenters.